The number of anilines is 1. The second-order valence-corrected chi connectivity index (χ2v) is 7.77. The Morgan fingerprint density at radius 3 is 2.25 bits per heavy atom. The highest BCUT2D eigenvalue weighted by Crippen LogP contribution is 2.27. The summed E-state index contributed by atoms with van der Waals surface area (Å²) in [5, 5.41) is 1.03. The molecule has 2 aromatic heterocycles. The number of pyridine rings is 2. The van der Waals surface area contributed by atoms with Gasteiger partial charge in [-0.1, -0.05) is 63.9 Å². The standard InChI is InChI=1S/C27H28N4.C2H5N.C2H6/c1-4-7-8-23(6-3)30-15-17-31(18-16-30)24-11-9-22(10-12-24)27-19-21(5-2)25-20-28-14-13-26(25)29-27;1-2-3;1-2/h4-14,19-20H,2-3,15-18H2,1H3;2H,1,3H2;1-2H3/b7-4-,23-8+;;. The van der Waals surface area contributed by atoms with E-state index in [0.29, 0.717) is 0 Å². The Labute approximate surface area is 216 Å². The molecule has 1 fully saturated rings. The fraction of sp³-hybridized carbons (Fsp3) is 0.226. The van der Waals surface area contributed by atoms with Crippen LogP contribution < -0.4 is 10.6 Å². The smallest absolute Gasteiger partial charge is 0.0746 e. The van der Waals surface area contributed by atoms with Gasteiger partial charge in [-0.2, -0.15) is 0 Å². The van der Waals surface area contributed by atoms with Crippen molar-refractivity contribution in [3.05, 3.63) is 110 Å². The van der Waals surface area contributed by atoms with Crippen LogP contribution in [0.15, 0.2) is 105 Å². The van der Waals surface area contributed by atoms with Crippen molar-refractivity contribution >= 4 is 22.7 Å². The molecule has 0 unspecified atom stereocenters. The van der Waals surface area contributed by atoms with Crippen LogP contribution in [0, 0.1) is 0 Å². The molecule has 1 aromatic carbocycles. The van der Waals surface area contributed by atoms with E-state index in [1.54, 1.807) is 6.20 Å². The van der Waals surface area contributed by atoms with E-state index in [1.807, 2.05) is 51.3 Å². The summed E-state index contributed by atoms with van der Waals surface area (Å²) in [7, 11) is 0. The molecule has 0 aliphatic carbocycles. The van der Waals surface area contributed by atoms with Crippen molar-refractivity contribution in [3.63, 3.8) is 0 Å². The molecule has 0 radical (unpaired) electrons. The average molecular weight is 482 g/mol. The minimum atomic E-state index is 0.937. The lowest BCUT2D eigenvalue weighted by Crippen LogP contribution is -2.45. The van der Waals surface area contributed by atoms with Crippen molar-refractivity contribution in [1.29, 1.82) is 0 Å². The highest BCUT2D eigenvalue weighted by atomic mass is 15.3. The maximum Gasteiger partial charge on any atom is 0.0746 e. The number of nitrogens with zero attached hydrogens (tertiary/aromatic N) is 4. The molecule has 5 heteroatoms. The van der Waals surface area contributed by atoms with Gasteiger partial charge in [0.1, 0.15) is 0 Å². The second-order valence-electron chi connectivity index (χ2n) is 7.77. The van der Waals surface area contributed by atoms with Crippen LogP contribution in [0.5, 0.6) is 0 Å². The minimum Gasteiger partial charge on any atom is -0.405 e. The van der Waals surface area contributed by atoms with Crippen LogP contribution in [-0.2, 0) is 0 Å². The highest BCUT2D eigenvalue weighted by Gasteiger charge is 2.18. The quantitative estimate of drug-likeness (QED) is 0.391. The van der Waals surface area contributed by atoms with Crippen molar-refractivity contribution in [1.82, 2.24) is 14.9 Å². The van der Waals surface area contributed by atoms with Crippen LogP contribution in [0.3, 0.4) is 0 Å². The normalized spacial score (nSPS) is 13.4. The van der Waals surface area contributed by atoms with Crippen molar-refractivity contribution in [3.8, 4) is 11.3 Å². The van der Waals surface area contributed by atoms with Gasteiger partial charge in [0.25, 0.3) is 0 Å². The zero-order valence-corrected chi connectivity index (χ0v) is 21.9. The van der Waals surface area contributed by atoms with E-state index >= 15 is 0 Å². The molecule has 1 saturated heterocycles. The number of piperazine rings is 1. The molecule has 3 aromatic rings. The first-order chi connectivity index (χ1) is 17.6. The molecule has 4 rings (SSSR count). The van der Waals surface area contributed by atoms with Gasteiger partial charge < -0.3 is 15.5 Å². The van der Waals surface area contributed by atoms with Crippen LogP contribution in [0.25, 0.3) is 28.2 Å². The third-order valence-electron chi connectivity index (χ3n) is 5.70. The van der Waals surface area contributed by atoms with E-state index < -0.39 is 0 Å². The molecule has 2 N–H and O–H groups in total. The Hall–Kier alpha value is -4.12. The van der Waals surface area contributed by atoms with Gasteiger partial charge in [0.05, 0.1) is 11.2 Å². The minimum absolute atomic E-state index is 0.937. The van der Waals surface area contributed by atoms with Crippen molar-refractivity contribution in [2.45, 2.75) is 20.8 Å². The summed E-state index contributed by atoms with van der Waals surface area (Å²) in [5.74, 6) is 0. The highest BCUT2D eigenvalue weighted by molar-refractivity contribution is 5.89. The van der Waals surface area contributed by atoms with Gasteiger partial charge in [0.15, 0.2) is 0 Å². The van der Waals surface area contributed by atoms with Crippen molar-refractivity contribution < 1.29 is 0 Å². The number of nitrogens with two attached hydrogens (primary N) is 1. The molecule has 1 aliphatic heterocycles. The Balaban J connectivity index is 0.000000850. The number of aromatic nitrogens is 2. The van der Waals surface area contributed by atoms with E-state index in [0.717, 1.165) is 53.9 Å². The van der Waals surface area contributed by atoms with Gasteiger partial charge in [0.2, 0.25) is 0 Å². The SMILES string of the molecule is C=C/C(=C\C=C/C)N1CCN(c2ccc(-c3cc(C=C)c4cnccc4n3)cc2)CC1.C=CN.CC. The molecule has 36 heavy (non-hydrogen) atoms. The molecule has 188 valence electrons. The molecule has 0 amide bonds. The summed E-state index contributed by atoms with van der Waals surface area (Å²) in [6.07, 6.45) is 14.9. The van der Waals surface area contributed by atoms with Crippen LogP contribution in [0.4, 0.5) is 5.69 Å². The summed E-state index contributed by atoms with van der Waals surface area (Å²) in [6, 6.07) is 12.7. The van der Waals surface area contributed by atoms with Gasteiger partial charge in [-0.05, 0) is 55.1 Å². The number of hydrogen-bond donors (Lipinski definition) is 1. The average Bonchev–Trinajstić information content (AvgIpc) is 2.95. The summed E-state index contributed by atoms with van der Waals surface area (Å²) < 4.78 is 0. The van der Waals surface area contributed by atoms with E-state index in [4.69, 9.17) is 4.98 Å². The number of fused-ring (bicyclic) bond motifs is 1. The Morgan fingerprint density at radius 2 is 1.67 bits per heavy atom. The maximum absolute atomic E-state index is 4.83. The molecule has 0 saturated carbocycles. The number of benzene rings is 1. The Morgan fingerprint density at radius 1 is 1.00 bits per heavy atom. The summed E-state index contributed by atoms with van der Waals surface area (Å²) in [6.45, 7) is 21.0. The lowest BCUT2D eigenvalue weighted by atomic mass is 10.0. The van der Waals surface area contributed by atoms with Crippen LogP contribution in [0.2, 0.25) is 0 Å². The molecule has 0 spiro atoms. The topological polar surface area (TPSA) is 58.3 Å². The number of allylic oxidation sites excluding steroid dienone is 4. The van der Waals surface area contributed by atoms with E-state index in [-0.39, 0.29) is 0 Å². The van der Waals surface area contributed by atoms with Crippen LogP contribution in [-0.4, -0.2) is 41.0 Å². The number of rotatable bonds is 6. The van der Waals surface area contributed by atoms with Gasteiger partial charge in [0, 0.05) is 60.9 Å². The molecular formula is C31H39N5. The van der Waals surface area contributed by atoms with Gasteiger partial charge in [-0.3, -0.25) is 4.98 Å². The lowest BCUT2D eigenvalue weighted by molar-refractivity contribution is 0.330. The lowest BCUT2D eigenvalue weighted by Gasteiger charge is -2.37. The van der Waals surface area contributed by atoms with Gasteiger partial charge in [-0.15, -0.1) is 0 Å². The second kappa shape index (κ2) is 15.0. The predicted molar refractivity (Wildman–Crippen MR) is 158 cm³/mol. The van der Waals surface area contributed by atoms with E-state index in [1.165, 1.54) is 17.6 Å². The fourth-order valence-corrected chi connectivity index (χ4v) is 3.97. The Kier molecular flexibility index (Phi) is 11.7. The zero-order chi connectivity index (χ0) is 26.3. The molecular weight excluding hydrogens is 442 g/mol. The largest absolute Gasteiger partial charge is 0.405 e. The van der Waals surface area contributed by atoms with Crippen LogP contribution >= 0.6 is 0 Å². The van der Waals surface area contributed by atoms with Crippen molar-refractivity contribution in [2.75, 3.05) is 31.1 Å². The summed E-state index contributed by atoms with van der Waals surface area (Å²) in [4.78, 5) is 13.9. The van der Waals surface area contributed by atoms with Crippen molar-refractivity contribution in [2.24, 2.45) is 5.73 Å². The zero-order valence-electron chi connectivity index (χ0n) is 21.9. The third-order valence-corrected chi connectivity index (χ3v) is 5.70. The number of hydrogen-bond acceptors (Lipinski definition) is 5. The predicted octanol–water partition coefficient (Wildman–Crippen LogP) is 6.82. The van der Waals surface area contributed by atoms with Gasteiger partial charge >= 0.3 is 0 Å². The van der Waals surface area contributed by atoms with E-state index in [2.05, 4.69) is 82.7 Å². The Bertz CT molecular complexity index is 1180. The first kappa shape index (κ1) is 28.1. The molecule has 0 bridgehead atoms. The van der Waals surface area contributed by atoms with Gasteiger partial charge in [-0.25, -0.2) is 4.98 Å². The monoisotopic (exact) mass is 481 g/mol. The molecule has 5 nitrogen and oxygen atoms in total. The van der Waals surface area contributed by atoms with Crippen LogP contribution in [0.1, 0.15) is 26.3 Å². The summed E-state index contributed by atoms with van der Waals surface area (Å²) >= 11 is 0. The molecule has 1 aliphatic rings. The third kappa shape index (κ3) is 7.19. The summed E-state index contributed by atoms with van der Waals surface area (Å²) in [5.41, 5.74) is 11.1. The first-order valence-corrected chi connectivity index (χ1v) is 12.4. The maximum atomic E-state index is 4.83. The van der Waals surface area contributed by atoms with E-state index in [9.17, 15) is 0 Å². The molecule has 0 atom stereocenters. The fourth-order valence-electron chi connectivity index (χ4n) is 3.97. The first-order valence-electron chi connectivity index (χ1n) is 12.4. The molecule has 3 heterocycles.